The summed E-state index contributed by atoms with van der Waals surface area (Å²) >= 11 is 12.1. The van der Waals surface area contributed by atoms with Crippen LogP contribution >= 0.6 is 23.2 Å². The van der Waals surface area contributed by atoms with Crippen LogP contribution in [0, 0.1) is 6.92 Å². The molecule has 1 aliphatic carbocycles. The van der Waals surface area contributed by atoms with Gasteiger partial charge in [-0.15, -0.1) is 0 Å². The Balaban J connectivity index is 1.76. The number of hydrogen-bond donors (Lipinski definition) is 1. The van der Waals surface area contributed by atoms with Gasteiger partial charge in [-0.05, 0) is 49.6 Å². The van der Waals surface area contributed by atoms with Crippen molar-refractivity contribution < 1.29 is 13.2 Å². The maximum atomic E-state index is 13.4. The van der Waals surface area contributed by atoms with E-state index in [0.29, 0.717) is 10.0 Å². The second-order valence-electron chi connectivity index (χ2n) is 7.67. The molecule has 0 bridgehead atoms. The van der Waals surface area contributed by atoms with Gasteiger partial charge in [0.2, 0.25) is 15.9 Å². The smallest absolute Gasteiger partial charge is 0.243 e. The summed E-state index contributed by atoms with van der Waals surface area (Å²) in [5.41, 5.74) is 1.70. The summed E-state index contributed by atoms with van der Waals surface area (Å²) in [6.45, 7) is 1.90. The highest BCUT2D eigenvalue weighted by Gasteiger charge is 2.33. The van der Waals surface area contributed by atoms with Crippen LogP contribution in [0.4, 0.5) is 0 Å². The summed E-state index contributed by atoms with van der Waals surface area (Å²) in [7, 11) is -3.78. The van der Waals surface area contributed by atoms with E-state index in [9.17, 15) is 13.2 Å². The van der Waals surface area contributed by atoms with Gasteiger partial charge in [0.15, 0.2) is 0 Å². The number of hydrogen-bond acceptors (Lipinski definition) is 3. The Hall–Kier alpha value is -1.60. The van der Waals surface area contributed by atoms with Gasteiger partial charge in [-0.25, -0.2) is 8.42 Å². The first-order valence-electron chi connectivity index (χ1n) is 10.1. The lowest BCUT2D eigenvalue weighted by atomic mass is 9.95. The van der Waals surface area contributed by atoms with E-state index in [1.165, 1.54) is 4.31 Å². The highest BCUT2D eigenvalue weighted by atomic mass is 35.5. The molecule has 0 spiro atoms. The molecule has 0 aliphatic heterocycles. The summed E-state index contributed by atoms with van der Waals surface area (Å²) in [6, 6.07) is 11.6. The SMILES string of the molecule is Cc1ccc(S(=O)(=O)N(CC(=O)NCc2ccc(Cl)cc2Cl)C2CCCCC2)cc1. The van der Waals surface area contributed by atoms with Gasteiger partial charge in [0.1, 0.15) is 0 Å². The molecule has 1 saturated carbocycles. The van der Waals surface area contributed by atoms with Gasteiger partial charge in [-0.3, -0.25) is 4.79 Å². The van der Waals surface area contributed by atoms with Crippen molar-refractivity contribution in [2.24, 2.45) is 0 Å². The second-order valence-corrected chi connectivity index (χ2v) is 10.4. The van der Waals surface area contributed by atoms with Gasteiger partial charge in [-0.1, -0.05) is 66.2 Å². The molecule has 0 atom stereocenters. The van der Waals surface area contributed by atoms with Crippen LogP contribution in [0.2, 0.25) is 10.0 Å². The molecule has 1 amide bonds. The fourth-order valence-electron chi connectivity index (χ4n) is 3.68. The van der Waals surface area contributed by atoms with Crippen molar-refractivity contribution in [1.29, 1.82) is 0 Å². The molecule has 8 heteroatoms. The number of carbonyl (C=O) groups excluding carboxylic acids is 1. The van der Waals surface area contributed by atoms with E-state index in [1.807, 2.05) is 6.92 Å². The second kappa shape index (κ2) is 10.1. The van der Waals surface area contributed by atoms with Crippen LogP contribution in [-0.2, 0) is 21.4 Å². The van der Waals surface area contributed by atoms with Gasteiger partial charge in [0, 0.05) is 22.6 Å². The first-order chi connectivity index (χ1) is 14.3. The fraction of sp³-hybridized carbons (Fsp3) is 0.409. The Labute approximate surface area is 188 Å². The van der Waals surface area contributed by atoms with Crippen molar-refractivity contribution in [1.82, 2.24) is 9.62 Å². The molecular weight excluding hydrogens is 443 g/mol. The van der Waals surface area contributed by atoms with Crippen molar-refractivity contribution in [2.75, 3.05) is 6.54 Å². The van der Waals surface area contributed by atoms with E-state index in [4.69, 9.17) is 23.2 Å². The summed E-state index contributed by atoms with van der Waals surface area (Å²) in [6.07, 6.45) is 4.55. The minimum absolute atomic E-state index is 0.171. The maximum Gasteiger partial charge on any atom is 0.243 e. The van der Waals surface area contributed by atoms with Crippen molar-refractivity contribution in [3.05, 3.63) is 63.6 Å². The van der Waals surface area contributed by atoms with Gasteiger partial charge >= 0.3 is 0 Å². The molecule has 1 N–H and O–H groups in total. The maximum absolute atomic E-state index is 13.4. The number of aryl methyl sites for hydroxylation is 1. The monoisotopic (exact) mass is 468 g/mol. The number of rotatable bonds is 7. The van der Waals surface area contributed by atoms with Crippen LogP contribution < -0.4 is 5.32 Å². The van der Waals surface area contributed by atoms with Crippen LogP contribution in [0.1, 0.15) is 43.2 Å². The number of nitrogens with one attached hydrogen (secondary N) is 1. The first-order valence-corrected chi connectivity index (χ1v) is 12.3. The molecule has 0 heterocycles. The van der Waals surface area contributed by atoms with Crippen LogP contribution in [0.3, 0.4) is 0 Å². The lowest BCUT2D eigenvalue weighted by Crippen LogP contribution is -2.46. The number of sulfonamides is 1. The fourth-order valence-corrected chi connectivity index (χ4v) is 5.80. The van der Waals surface area contributed by atoms with Crippen LogP contribution in [0.25, 0.3) is 0 Å². The molecule has 162 valence electrons. The topological polar surface area (TPSA) is 66.5 Å². The van der Waals surface area contributed by atoms with Crippen LogP contribution in [0.5, 0.6) is 0 Å². The van der Waals surface area contributed by atoms with Gasteiger partial charge in [0.05, 0.1) is 11.4 Å². The quantitative estimate of drug-likeness (QED) is 0.625. The Morgan fingerprint density at radius 3 is 2.37 bits per heavy atom. The predicted molar refractivity (Wildman–Crippen MR) is 120 cm³/mol. The summed E-state index contributed by atoms with van der Waals surface area (Å²) in [4.78, 5) is 12.9. The minimum atomic E-state index is -3.78. The Bertz CT molecular complexity index is 988. The first kappa shape index (κ1) is 23.1. The Morgan fingerprint density at radius 2 is 1.73 bits per heavy atom. The zero-order chi connectivity index (χ0) is 21.7. The van der Waals surface area contributed by atoms with Gasteiger partial charge in [0.25, 0.3) is 0 Å². The summed E-state index contributed by atoms with van der Waals surface area (Å²) in [5.74, 6) is -0.359. The molecule has 30 heavy (non-hydrogen) atoms. The van der Waals surface area contributed by atoms with Crippen LogP contribution in [-0.4, -0.2) is 31.2 Å². The van der Waals surface area contributed by atoms with Gasteiger partial charge < -0.3 is 5.32 Å². The third-order valence-corrected chi connectivity index (χ3v) is 7.90. The predicted octanol–water partition coefficient (Wildman–Crippen LogP) is 4.94. The van der Waals surface area contributed by atoms with Crippen molar-refractivity contribution in [3.63, 3.8) is 0 Å². The van der Waals surface area contributed by atoms with E-state index >= 15 is 0 Å². The number of amides is 1. The molecule has 1 aliphatic rings. The zero-order valence-corrected chi connectivity index (χ0v) is 19.2. The Morgan fingerprint density at radius 1 is 1.07 bits per heavy atom. The number of carbonyl (C=O) groups is 1. The van der Waals surface area contributed by atoms with Crippen molar-refractivity contribution in [3.8, 4) is 0 Å². The molecule has 0 unspecified atom stereocenters. The average molecular weight is 469 g/mol. The standard InChI is InChI=1S/C22H26Cl2N2O3S/c1-16-7-11-20(12-8-16)30(28,29)26(19-5-3-2-4-6-19)15-22(27)25-14-17-9-10-18(23)13-21(17)24/h7-13,19H,2-6,14-15H2,1H3,(H,25,27). The van der Waals surface area contributed by atoms with E-state index in [-0.39, 0.29) is 29.9 Å². The molecule has 1 fully saturated rings. The van der Waals surface area contributed by atoms with E-state index in [1.54, 1.807) is 42.5 Å². The van der Waals surface area contributed by atoms with Crippen molar-refractivity contribution >= 4 is 39.1 Å². The molecule has 2 aromatic carbocycles. The normalized spacial score (nSPS) is 15.3. The third-order valence-electron chi connectivity index (χ3n) is 5.40. The van der Waals surface area contributed by atoms with Crippen molar-refractivity contribution in [2.45, 2.75) is 56.5 Å². The molecule has 2 aromatic rings. The largest absolute Gasteiger partial charge is 0.351 e. The minimum Gasteiger partial charge on any atom is -0.351 e. The molecular formula is C22H26Cl2N2O3S. The zero-order valence-electron chi connectivity index (χ0n) is 16.9. The Kier molecular flexibility index (Phi) is 7.80. The van der Waals surface area contributed by atoms with E-state index < -0.39 is 10.0 Å². The lowest BCUT2D eigenvalue weighted by Gasteiger charge is -2.33. The molecule has 0 radical (unpaired) electrons. The summed E-state index contributed by atoms with van der Waals surface area (Å²) < 4.78 is 28.1. The van der Waals surface area contributed by atoms with Gasteiger partial charge in [-0.2, -0.15) is 4.31 Å². The van der Waals surface area contributed by atoms with Crippen LogP contribution in [0.15, 0.2) is 47.4 Å². The number of nitrogens with zero attached hydrogens (tertiary/aromatic N) is 1. The average Bonchev–Trinajstić information content (AvgIpc) is 2.72. The molecule has 0 aromatic heterocycles. The molecule has 0 saturated heterocycles. The summed E-state index contributed by atoms with van der Waals surface area (Å²) in [5, 5.41) is 3.76. The molecule has 5 nitrogen and oxygen atoms in total. The number of halogens is 2. The molecule has 3 rings (SSSR count). The van der Waals surface area contributed by atoms with E-state index in [2.05, 4.69) is 5.32 Å². The number of benzene rings is 2. The lowest BCUT2D eigenvalue weighted by molar-refractivity contribution is -0.121. The third kappa shape index (κ3) is 5.76. The van der Waals surface area contributed by atoms with E-state index in [0.717, 1.165) is 43.2 Å². The highest BCUT2D eigenvalue weighted by molar-refractivity contribution is 7.89. The highest BCUT2D eigenvalue weighted by Crippen LogP contribution is 2.28.